The smallest absolute Gasteiger partial charge is 0.256 e. The summed E-state index contributed by atoms with van der Waals surface area (Å²) < 4.78 is 26.0. The lowest BCUT2D eigenvalue weighted by molar-refractivity contribution is -0.251. The van der Waals surface area contributed by atoms with Crippen LogP contribution in [-0.2, 0) is 23.4 Å². The highest BCUT2D eigenvalue weighted by atomic mass is 31.2. The number of hydroxylamine groups is 2. The van der Waals surface area contributed by atoms with Gasteiger partial charge >= 0.3 is 0 Å². The van der Waals surface area contributed by atoms with Gasteiger partial charge in [0.2, 0.25) is 0 Å². The summed E-state index contributed by atoms with van der Waals surface area (Å²) in [6.07, 6.45) is 3.05. The first-order chi connectivity index (χ1) is 19.5. The van der Waals surface area contributed by atoms with Gasteiger partial charge in [-0.2, -0.15) is 10.3 Å². The first kappa shape index (κ1) is 28.4. The van der Waals surface area contributed by atoms with Crippen molar-refractivity contribution in [3.8, 4) is 6.07 Å². The molecule has 0 spiro atoms. The van der Waals surface area contributed by atoms with Crippen molar-refractivity contribution < 1.29 is 28.2 Å². The summed E-state index contributed by atoms with van der Waals surface area (Å²) in [7, 11) is 0.351. The number of rotatable bonds is 13. The number of anilines is 1. The number of carbonyl (C=O) groups excluding carboxylic acids is 1. The number of carbonyl (C=O) groups is 1. The van der Waals surface area contributed by atoms with E-state index in [2.05, 4.69) is 26.3 Å². The van der Waals surface area contributed by atoms with E-state index < -0.39 is 20.2 Å². The number of imidazole rings is 1. The number of amides is 1. The number of hydrogen-bond donors (Lipinski definition) is 1. The molecule has 5 rings (SSSR count). The summed E-state index contributed by atoms with van der Waals surface area (Å²) in [6, 6.07) is 10.6. The molecule has 1 unspecified atom stereocenters. The molecule has 0 aliphatic carbocycles. The maximum Gasteiger partial charge on any atom is 0.256 e. The van der Waals surface area contributed by atoms with Crippen molar-refractivity contribution in [2.24, 2.45) is 0 Å². The first-order valence-corrected chi connectivity index (χ1v) is 14.6. The number of fused-ring (bicyclic) bond motifs is 3. The van der Waals surface area contributed by atoms with Crippen LogP contribution in [0.3, 0.4) is 0 Å². The topological polar surface area (TPSA) is 146 Å². The van der Waals surface area contributed by atoms with E-state index in [1.54, 1.807) is 37.7 Å². The van der Waals surface area contributed by atoms with Crippen LogP contribution in [-0.4, -0.2) is 88.4 Å². The van der Waals surface area contributed by atoms with Gasteiger partial charge in [-0.1, -0.05) is 25.1 Å². The van der Waals surface area contributed by atoms with Crippen molar-refractivity contribution >= 4 is 31.3 Å². The van der Waals surface area contributed by atoms with Crippen LogP contribution in [0, 0.1) is 11.3 Å². The first-order valence-electron chi connectivity index (χ1n) is 13.0. The summed E-state index contributed by atoms with van der Waals surface area (Å²) in [5.41, 5.74) is 0.769. The third kappa shape index (κ3) is 5.57. The molecule has 2 aliphatic rings. The summed E-state index contributed by atoms with van der Waals surface area (Å²) in [5.74, 6) is 0.00470. The van der Waals surface area contributed by atoms with Gasteiger partial charge in [0.05, 0.1) is 45.2 Å². The van der Waals surface area contributed by atoms with Gasteiger partial charge in [0.25, 0.3) is 5.91 Å². The van der Waals surface area contributed by atoms with Crippen LogP contribution in [0.2, 0.25) is 0 Å². The number of methoxy groups -OCH3 is 1. The zero-order valence-electron chi connectivity index (χ0n) is 22.6. The minimum Gasteiger partial charge on any atom is -0.382 e. The van der Waals surface area contributed by atoms with Gasteiger partial charge < -0.3 is 23.8 Å². The summed E-state index contributed by atoms with van der Waals surface area (Å²) >= 11 is 0. The molecular formula is C26H32N7O6P. The highest BCUT2D eigenvalue weighted by molar-refractivity contribution is 7.46. The highest BCUT2D eigenvalue weighted by Gasteiger charge is 2.65. The molecule has 3 aromatic rings. The van der Waals surface area contributed by atoms with Gasteiger partial charge in [-0.25, -0.2) is 15.0 Å². The molecule has 2 saturated heterocycles. The standard InChI is InChI=1S/C26H32N7O6P/c1-4-26-15-33(36-14-13-35-2)20(21(26)39-40(3)37-12-8-11-27)25(38-26)32-17-30-19-22(28-16-29-23(19)32)31-24(34)18-9-6-5-7-10-18/h5-7,9-10,16-17,20-21,25H,4,8,12-15H2,1-3H3,(H,28,29,31,34)/t20-,21+,25-,26+,40?/m1/s1. The van der Waals surface area contributed by atoms with E-state index in [-0.39, 0.29) is 24.5 Å². The van der Waals surface area contributed by atoms with E-state index in [4.69, 9.17) is 28.6 Å². The average Bonchev–Trinajstić information content (AvgIpc) is 3.62. The van der Waals surface area contributed by atoms with Crippen LogP contribution in [0.15, 0.2) is 43.0 Å². The van der Waals surface area contributed by atoms with Gasteiger partial charge in [-0.05, 0) is 18.6 Å². The number of benzene rings is 1. The number of aromatic nitrogens is 4. The molecule has 212 valence electrons. The monoisotopic (exact) mass is 569 g/mol. The molecule has 2 aromatic heterocycles. The van der Waals surface area contributed by atoms with Crippen LogP contribution < -0.4 is 5.32 Å². The van der Waals surface area contributed by atoms with Gasteiger partial charge in [0, 0.05) is 19.3 Å². The van der Waals surface area contributed by atoms with Crippen molar-refractivity contribution in [3.05, 3.63) is 48.5 Å². The predicted molar refractivity (Wildman–Crippen MR) is 145 cm³/mol. The number of hydrogen-bond acceptors (Lipinski definition) is 11. The third-order valence-corrected chi connectivity index (χ3v) is 8.10. The zero-order valence-corrected chi connectivity index (χ0v) is 23.5. The molecule has 4 heterocycles. The fraction of sp³-hybridized carbons (Fsp3) is 0.500. The van der Waals surface area contributed by atoms with Crippen molar-refractivity contribution in [2.45, 2.75) is 43.7 Å². The Balaban J connectivity index is 1.44. The molecule has 13 nitrogen and oxygen atoms in total. The van der Waals surface area contributed by atoms with Crippen LogP contribution in [0.1, 0.15) is 36.4 Å². The fourth-order valence-electron chi connectivity index (χ4n) is 5.08. The quantitative estimate of drug-likeness (QED) is 0.239. The Morgan fingerprint density at radius 2 is 2.08 bits per heavy atom. The highest BCUT2D eigenvalue weighted by Crippen LogP contribution is 2.54. The Morgan fingerprint density at radius 1 is 1.25 bits per heavy atom. The molecule has 2 bridgehead atoms. The molecule has 0 saturated carbocycles. The largest absolute Gasteiger partial charge is 0.382 e. The van der Waals surface area contributed by atoms with Crippen molar-refractivity contribution in [1.29, 1.82) is 5.26 Å². The second-order valence-corrected chi connectivity index (χ2v) is 10.7. The summed E-state index contributed by atoms with van der Waals surface area (Å²) in [5, 5.41) is 13.6. The zero-order chi connectivity index (χ0) is 28.1. The van der Waals surface area contributed by atoms with Crippen molar-refractivity contribution in [2.75, 3.05) is 45.5 Å². The maximum absolute atomic E-state index is 12.8. The lowest BCUT2D eigenvalue weighted by Gasteiger charge is -2.36. The normalized spacial score (nSPS) is 24.8. The molecule has 1 aromatic carbocycles. The number of morpholine rings is 1. The molecule has 14 heteroatoms. The van der Waals surface area contributed by atoms with Gasteiger partial charge in [-0.15, -0.1) is 0 Å². The fourth-order valence-corrected chi connectivity index (χ4v) is 6.13. The number of ether oxygens (including phenoxy) is 2. The average molecular weight is 570 g/mol. The van der Waals surface area contributed by atoms with E-state index in [1.807, 2.05) is 29.3 Å². The number of nitriles is 1. The summed E-state index contributed by atoms with van der Waals surface area (Å²) in [4.78, 5) is 32.2. The van der Waals surface area contributed by atoms with Crippen LogP contribution in [0.25, 0.3) is 11.2 Å². The lowest BCUT2D eigenvalue weighted by Crippen LogP contribution is -2.45. The second-order valence-electron chi connectivity index (χ2n) is 9.39. The van der Waals surface area contributed by atoms with E-state index >= 15 is 0 Å². The Bertz CT molecular complexity index is 1350. The maximum atomic E-state index is 12.8. The number of nitrogens with one attached hydrogen (secondary N) is 1. The van der Waals surface area contributed by atoms with E-state index in [9.17, 15) is 4.79 Å². The van der Waals surface area contributed by atoms with E-state index in [1.165, 1.54) is 6.33 Å². The Kier molecular flexibility index (Phi) is 8.97. The van der Waals surface area contributed by atoms with Crippen LogP contribution in [0.5, 0.6) is 0 Å². The predicted octanol–water partition coefficient (Wildman–Crippen LogP) is 3.28. The number of nitrogens with zero attached hydrogens (tertiary/aromatic N) is 6. The molecule has 40 heavy (non-hydrogen) atoms. The molecule has 1 N–H and O–H groups in total. The molecule has 2 aliphatic heterocycles. The molecule has 0 radical (unpaired) electrons. The Morgan fingerprint density at radius 3 is 2.83 bits per heavy atom. The molecule has 1 amide bonds. The Hall–Kier alpha value is -3.08. The summed E-state index contributed by atoms with van der Waals surface area (Å²) in [6.45, 7) is 5.53. The Labute approximate surface area is 233 Å². The minimum absolute atomic E-state index is 0.290. The van der Waals surface area contributed by atoms with Gasteiger partial charge in [0.1, 0.15) is 24.1 Å². The third-order valence-electron chi connectivity index (χ3n) is 7.03. The van der Waals surface area contributed by atoms with Gasteiger partial charge in [0.15, 0.2) is 31.6 Å². The van der Waals surface area contributed by atoms with Crippen LogP contribution >= 0.6 is 8.38 Å². The molecule has 2 fully saturated rings. The van der Waals surface area contributed by atoms with E-state index in [0.29, 0.717) is 55.3 Å². The molecular weight excluding hydrogens is 537 g/mol. The van der Waals surface area contributed by atoms with Crippen molar-refractivity contribution in [1.82, 2.24) is 24.6 Å². The SMILES string of the molecule is CC[C@@]12CN(OCCOC)[C@@H]([C@H](n3cnc4c(NC(=O)c5ccccc5)ncnc43)O1)[C@@H]2OP(C)OCCC#N. The van der Waals surface area contributed by atoms with E-state index in [0.717, 1.165) is 0 Å². The minimum atomic E-state index is -1.27. The second kappa shape index (κ2) is 12.6. The van der Waals surface area contributed by atoms with Gasteiger partial charge in [-0.3, -0.25) is 14.2 Å². The van der Waals surface area contributed by atoms with Crippen molar-refractivity contribution in [3.63, 3.8) is 0 Å². The lowest BCUT2D eigenvalue weighted by atomic mass is 9.96. The molecule has 5 atom stereocenters. The van der Waals surface area contributed by atoms with Crippen LogP contribution in [0.4, 0.5) is 5.82 Å².